The summed E-state index contributed by atoms with van der Waals surface area (Å²) < 4.78 is 1.35. The molecule has 0 amide bonds. The molecule has 1 heteroatoms. The molecule has 0 heterocycles. The molecule has 1 aliphatic rings. The van der Waals surface area contributed by atoms with Gasteiger partial charge < -0.3 is 0 Å². The number of hydrogen-bond acceptors (Lipinski definition) is 0. The van der Waals surface area contributed by atoms with Gasteiger partial charge in [0.1, 0.15) is 0 Å². The van der Waals surface area contributed by atoms with E-state index in [0.29, 0.717) is 0 Å². The lowest BCUT2D eigenvalue weighted by atomic mass is 10.1. The van der Waals surface area contributed by atoms with Gasteiger partial charge in [-0.3, -0.25) is 0 Å². The molecule has 1 aliphatic carbocycles. The zero-order chi connectivity index (χ0) is 10.2. The highest BCUT2D eigenvalue weighted by Gasteiger charge is 2.08. The van der Waals surface area contributed by atoms with Gasteiger partial charge in [-0.05, 0) is 25.7 Å². The minimum absolute atomic E-state index is 1.07. The van der Waals surface area contributed by atoms with Gasteiger partial charge >= 0.3 is 0 Å². The minimum atomic E-state index is 1.07. The van der Waals surface area contributed by atoms with Crippen molar-refractivity contribution in [2.45, 2.75) is 58.3 Å². The Morgan fingerprint density at radius 1 is 1.21 bits per heavy atom. The molecule has 0 N–H and O–H groups in total. The normalized spacial score (nSPS) is 15.6. The van der Waals surface area contributed by atoms with E-state index in [0.717, 1.165) is 6.42 Å². The Morgan fingerprint density at radius 2 is 2.07 bits per heavy atom. The third kappa shape index (κ3) is 4.33. The van der Waals surface area contributed by atoms with Crippen molar-refractivity contribution in [1.82, 2.24) is 0 Å². The third-order valence-electron chi connectivity index (χ3n) is 2.55. The van der Waals surface area contributed by atoms with Crippen LogP contribution in [-0.2, 0) is 0 Å². The molecule has 0 bridgehead atoms. The Kier molecular flexibility index (Phi) is 6.03. The average molecular weight is 255 g/mol. The molecule has 0 spiro atoms. The van der Waals surface area contributed by atoms with Crippen LogP contribution in [0.3, 0.4) is 0 Å². The van der Waals surface area contributed by atoms with E-state index in [9.17, 15) is 0 Å². The van der Waals surface area contributed by atoms with Crippen molar-refractivity contribution in [3.63, 3.8) is 0 Å². The molecule has 14 heavy (non-hydrogen) atoms. The maximum absolute atomic E-state index is 3.58. The van der Waals surface area contributed by atoms with E-state index in [2.05, 4.69) is 34.7 Å². The van der Waals surface area contributed by atoms with Crippen LogP contribution in [0.25, 0.3) is 0 Å². The van der Waals surface area contributed by atoms with Gasteiger partial charge in [-0.25, -0.2) is 0 Å². The number of rotatable bonds is 4. The molecule has 0 aromatic carbocycles. The van der Waals surface area contributed by atoms with Gasteiger partial charge in [0.2, 0.25) is 0 Å². The molecule has 0 atom stereocenters. The van der Waals surface area contributed by atoms with Crippen LogP contribution in [0, 0.1) is 11.8 Å². The summed E-state index contributed by atoms with van der Waals surface area (Å²) in [6.07, 6.45) is 10.0. The minimum Gasteiger partial charge on any atom is -0.0982 e. The lowest BCUT2D eigenvalue weighted by Crippen LogP contribution is -1.76. The van der Waals surface area contributed by atoms with Crippen LogP contribution in [0.1, 0.15) is 58.3 Å². The smallest absolute Gasteiger partial charge is 0.0121 e. The molecule has 0 aromatic heterocycles. The second kappa shape index (κ2) is 7.12. The summed E-state index contributed by atoms with van der Waals surface area (Å²) in [7, 11) is 0. The molecular weight excluding hydrogens is 236 g/mol. The second-order valence-electron chi connectivity index (χ2n) is 3.85. The van der Waals surface area contributed by atoms with Crippen LogP contribution in [0.5, 0.6) is 0 Å². The van der Waals surface area contributed by atoms with Crippen molar-refractivity contribution in [2.75, 3.05) is 0 Å². The van der Waals surface area contributed by atoms with Crippen LogP contribution in [0.2, 0.25) is 0 Å². The Bertz CT molecular complexity index is 252. The molecule has 0 fully saturated rings. The summed E-state index contributed by atoms with van der Waals surface area (Å²) >= 11 is 3.58. The van der Waals surface area contributed by atoms with Crippen LogP contribution < -0.4 is 0 Å². The van der Waals surface area contributed by atoms with E-state index in [1.165, 1.54) is 55.0 Å². The Balaban J connectivity index is 2.17. The highest BCUT2D eigenvalue weighted by Crippen LogP contribution is 2.29. The summed E-state index contributed by atoms with van der Waals surface area (Å²) in [5, 5.41) is 0. The van der Waals surface area contributed by atoms with Crippen LogP contribution >= 0.6 is 15.9 Å². The van der Waals surface area contributed by atoms with Crippen LogP contribution in [-0.4, -0.2) is 0 Å². The van der Waals surface area contributed by atoms with E-state index in [1.807, 2.05) is 0 Å². The van der Waals surface area contributed by atoms with E-state index in [-0.39, 0.29) is 0 Å². The van der Waals surface area contributed by atoms with Crippen molar-refractivity contribution < 1.29 is 0 Å². The van der Waals surface area contributed by atoms with Crippen LogP contribution in [0.4, 0.5) is 0 Å². The topological polar surface area (TPSA) is 0 Å². The van der Waals surface area contributed by atoms with Gasteiger partial charge in [-0.1, -0.05) is 54.0 Å². The van der Waals surface area contributed by atoms with Crippen LogP contribution in [0.15, 0.2) is 10.1 Å². The summed E-state index contributed by atoms with van der Waals surface area (Å²) in [6, 6.07) is 0. The molecule has 78 valence electrons. The van der Waals surface area contributed by atoms with Gasteiger partial charge in [-0.15, -0.1) is 0 Å². The van der Waals surface area contributed by atoms with Crippen molar-refractivity contribution in [1.29, 1.82) is 0 Å². The summed E-state index contributed by atoms with van der Waals surface area (Å²) in [6.45, 7) is 2.24. The predicted octanol–water partition coefficient (Wildman–Crippen LogP) is 4.79. The Hall–Kier alpha value is -0.220. The fourth-order valence-electron chi connectivity index (χ4n) is 1.65. The van der Waals surface area contributed by atoms with Crippen molar-refractivity contribution in [3.05, 3.63) is 10.1 Å². The van der Waals surface area contributed by atoms with Crippen molar-refractivity contribution in [3.8, 4) is 11.8 Å². The molecule has 0 unspecified atom stereocenters. The number of unbranched alkanes of at least 4 members (excludes halogenated alkanes) is 4. The largest absolute Gasteiger partial charge is 0.0982 e. The van der Waals surface area contributed by atoms with Crippen molar-refractivity contribution in [2.24, 2.45) is 0 Å². The first-order chi connectivity index (χ1) is 6.84. The standard InChI is InChI=1S/C13H19Br/c1-2-3-4-5-6-7-9-12-10-8-11-13(12)14/h2-6,8,10-11H2,1H3. The Labute approximate surface area is 96.3 Å². The molecule has 0 radical (unpaired) electrons. The van der Waals surface area contributed by atoms with E-state index in [4.69, 9.17) is 0 Å². The highest BCUT2D eigenvalue weighted by molar-refractivity contribution is 9.11. The highest BCUT2D eigenvalue weighted by atomic mass is 79.9. The zero-order valence-electron chi connectivity index (χ0n) is 9.03. The average Bonchev–Trinajstić information content (AvgIpc) is 2.58. The summed E-state index contributed by atoms with van der Waals surface area (Å²) in [4.78, 5) is 0. The number of hydrogen-bond donors (Lipinski definition) is 0. The van der Waals surface area contributed by atoms with Gasteiger partial charge in [0.25, 0.3) is 0 Å². The van der Waals surface area contributed by atoms with Crippen molar-refractivity contribution >= 4 is 15.9 Å². The molecule has 1 rings (SSSR count). The third-order valence-corrected chi connectivity index (χ3v) is 3.42. The number of allylic oxidation sites excluding steroid dienone is 2. The lowest BCUT2D eigenvalue weighted by Gasteiger charge is -1.92. The van der Waals surface area contributed by atoms with E-state index >= 15 is 0 Å². The molecule has 0 aromatic rings. The van der Waals surface area contributed by atoms with Gasteiger partial charge in [0.05, 0.1) is 0 Å². The van der Waals surface area contributed by atoms with Gasteiger partial charge in [0, 0.05) is 16.5 Å². The van der Waals surface area contributed by atoms with E-state index in [1.54, 1.807) is 0 Å². The molecule has 0 aliphatic heterocycles. The fraction of sp³-hybridized carbons (Fsp3) is 0.692. The maximum Gasteiger partial charge on any atom is 0.0121 e. The molecule has 0 nitrogen and oxygen atoms in total. The first-order valence-corrected chi connectivity index (χ1v) is 6.50. The zero-order valence-corrected chi connectivity index (χ0v) is 10.6. The second-order valence-corrected chi connectivity index (χ2v) is 4.81. The monoisotopic (exact) mass is 254 g/mol. The molecular formula is C13H19Br. The van der Waals surface area contributed by atoms with Gasteiger partial charge in [-0.2, -0.15) is 0 Å². The first-order valence-electron chi connectivity index (χ1n) is 5.71. The maximum atomic E-state index is 3.58. The fourth-order valence-corrected chi connectivity index (χ4v) is 2.22. The first kappa shape index (κ1) is 11.9. The molecule has 0 saturated heterocycles. The van der Waals surface area contributed by atoms with E-state index < -0.39 is 0 Å². The Morgan fingerprint density at radius 3 is 2.71 bits per heavy atom. The quantitative estimate of drug-likeness (QED) is 0.500. The molecule has 0 saturated carbocycles. The summed E-state index contributed by atoms with van der Waals surface area (Å²) in [5.74, 6) is 6.57. The lowest BCUT2D eigenvalue weighted by molar-refractivity contribution is 0.679. The predicted molar refractivity (Wildman–Crippen MR) is 66.3 cm³/mol. The SMILES string of the molecule is CCCCCCC#CC1=C(Br)CCC1. The van der Waals surface area contributed by atoms with Gasteiger partial charge in [0.15, 0.2) is 0 Å². The number of halogens is 1. The summed E-state index contributed by atoms with van der Waals surface area (Å²) in [5.41, 5.74) is 1.35.